The smallest absolute Gasteiger partial charge is 0.226 e. The van der Waals surface area contributed by atoms with Gasteiger partial charge in [0, 0.05) is 39.1 Å². The first kappa shape index (κ1) is 11.1. The second-order valence-corrected chi connectivity index (χ2v) is 4.79. The second kappa shape index (κ2) is 4.72. The molecular formula is C11H19N5O. The monoisotopic (exact) mass is 237 g/mol. The van der Waals surface area contributed by atoms with Crippen molar-refractivity contribution in [2.24, 2.45) is 5.73 Å². The number of hydrogen-bond donors (Lipinski definition) is 1. The van der Waals surface area contributed by atoms with Gasteiger partial charge in [-0.1, -0.05) is 5.16 Å². The molecule has 3 aliphatic heterocycles. The Labute approximate surface area is 101 Å². The van der Waals surface area contributed by atoms with Gasteiger partial charge in [-0.15, -0.1) is 0 Å². The highest BCUT2D eigenvalue weighted by Gasteiger charge is 2.35. The minimum Gasteiger partial charge on any atom is -0.339 e. The quantitative estimate of drug-likeness (QED) is 0.770. The summed E-state index contributed by atoms with van der Waals surface area (Å²) in [5.74, 6) is 1.57. The molecule has 0 amide bonds. The third-order valence-electron chi connectivity index (χ3n) is 3.66. The summed E-state index contributed by atoms with van der Waals surface area (Å²) in [5, 5.41) is 4.12. The molecule has 94 valence electrons. The second-order valence-electron chi connectivity index (χ2n) is 4.79. The minimum atomic E-state index is 0.327. The van der Waals surface area contributed by atoms with Crippen LogP contribution in [0.5, 0.6) is 0 Å². The largest absolute Gasteiger partial charge is 0.339 e. The molecule has 1 unspecified atom stereocenters. The molecule has 3 aliphatic rings. The number of rotatable bonds is 4. The van der Waals surface area contributed by atoms with Crippen molar-refractivity contribution >= 4 is 0 Å². The Morgan fingerprint density at radius 1 is 1.29 bits per heavy atom. The Morgan fingerprint density at radius 3 is 2.76 bits per heavy atom. The fourth-order valence-electron chi connectivity index (χ4n) is 2.62. The van der Waals surface area contributed by atoms with Crippen molar-refractivity contribution in [3.8, 4) is 0 Å². The lowest BCUT2D eigenvalue weighted by Crippen LogP contribution is -2.57. The fourth-order valence-corrected chi connectivity index (χ4v) is 2.62. The molecule has 2 N–H and O–H groups in total. The van der Waals surface area contributed by atoms with Gasteiger partial charge in [0.25, 0.3) is 0 Å². The van der Waals surface area contributed by atoms with Crippen molar-refractivity contribution in [2.45, 2.75) is 18.9 Å². The van der Waals surface area contributed by atoms with Crippen molar-refractivity contribution in [2.75, 3.05) is 39.3 Å². The van der Waals surface area contributed by atoms with Crippen LogP contribution in [-0.4, -0.2) is 59.2 Å². The predicted molar refractivity (Wildman–Crippen MR) is 62.4 cm³/mol. The Morgan fingerprint density at radius 2 is 2.12 bits per heavy atom. The van der Waals surface area contributed by atoms with Crippen LogP contribution in [0.2, 0.25) is 0 Å². The van der Waals surface area contributed by atoms with Crippen molar-refractivity contribution < 1.29 is 4.52 Å². The lowest BCUT2D eigenvalue weighted by Gasteiger charge is -2.46. The molecule has 1 aromatic heterocycles. The SMILES string of the molecule is NCCCc1nc(C2CN3CCN2CC3)no1. The predicted octanol–water partition coefficient (Wildman–Crippen LogP) is -0.367. The van der Waals surface area contributed by atoms with Gasteiger partial charge < -0.3 is 10.3 Å². The van der Waals surface area contributed by atoms with Gasteiger partial charge in [0.1, 0.15) is 0 Å². The van der Waals surface area contributed by atoms with Crippen LogP contribution in [0, 0.1) is 0 Å². The van der Waals surface area contributed by atoms with E-state index in [-0.39, 0.29) is 0 Å². The molecule has 0 aliphatic carbocycles. The Hall–Kier alpha value is -0.980. The number of piperazine rings is 3. The lowest BCUT2D eigenvalue weighted by atomic mass is 10.1. The molecule has 17 heavy (non-hydrogen) atoms. The van der Waals surface area contributed by atoms with Crippen LogP contribution < -0.4 is 5.73 Å². The van der Waals surface area contributed by atoms with Gasteiger partial charge in [0.15, 0.2) is 5.82 Å². The van der Waals surface area contributed by atoms with E-state index in [1.54, 1.807) is 0 Å². The first-order chi connectivity index (χ1) is 8.36. The first-order valence-electron chi connectivity index (χ1n) is 6.36. The molecule has 0 radical (unpaired) electrons. The van der Waals surface area contributed by atoms with Gasteiger partial charge in [-0.3, -0.25) is 9.80 Å². The van der Waals surface area contributed by atoms with E-state index in [1.165, 1.54) is 13.1 Å². The summed E-state index contributed by atoms with van der Waals surface area (Å²) < 4.78 is 5.27. The lowest BCUT2D eigenvalue weighted by molar-refractivity contribution is 0.00781. The van der Waals surface area contributed by atoms with Crippen molar-refractivity contribution in [3.05, 3.63) is 11.7 Å². The highest BCUT2D eigenvalue weighted by atomic mass is 16.5. The maximum atomic E-state index is 5.47. The van der Waals surface area contributed by atoms with Gasteiger partial charge in [0.05, 0.1) is 6.04 Å². The average molecular weight is 237 g/mol. The van der Waals surface area contributed by atoms with E-state index < -0.39 is 0 Å². The summed E-state index contributed by atoms with van der Waals surface area (Å²) >= 11 is 0. The summed E-state index contributed by atoms with van der Waals surface area (Å²) in [7, 11) is 0. The zero-order valence-corrected chi connectivity index (χ0v) is 10.0. The van der Waals surface area contributed by atoms with Crippen LogP contribution in [0.25, 0.3) is 0 Å². The summed E-state index contributed by atoms with van der Waals surface area (Å²) in [4.78, 5) is 9.42. The molecule has 3 saturated heterocycles. The van der Waals surface area contributed by atoms with Gasteiger partial charge >= 0.3 is 0 Å². The summed E-state index contributed by atoms with van der Waals surface area (Å²) in [6, 6.07) is 0.327. The molecule has 2 bridgehead atoms. The summed E-state index contributed by atoms with van der Waals surface area (Å²) in [5.41, 5.74) is 5.47. The molecule has 1 aromatic rings. The summed E-state index contributed by atoms with van der Waals surface area (Å²) in [6.07, 6.45) is 1.70. The number of aryl methyl sites for hydroxylation is 1. The molecule has 0 aromatic carbocycles. The Balaban J connectivity index is 1.69. The van der Waals surface area contributed by atoms with E-state index in [1.807, 2.05) is 0 Å². The number of nitrogens with two attached hydrogens (primary N) is 1. The third-order valence-corrected chi connectivity index (χ3v) is 3.66. The van der Waals surface area contributed by atoms with Gasteiger partial charge in [-0.25, -0.2) is 0 Å². The normalized spacial score (nSPS) is 31.9. The Kier molecular flexibility index (Phi) is 3.09. The standard InChI is InChI=1S/C11H19N5O/c12-3-1-2-10-13-11(14-17-10)9-8-15-4-6-16(9)7-5-15/h9H,1-8,12H2. The van der Waals surface area contributed by atoms with E-state index in [4.69, 9.17) is 10.3 Å². The van der Waals surface area contributed by atoms with Crippen LogP contribution in [0.15, 0.2) is 4.52 Å². The molecule has 4 heterocycles. The average Bonchev–Trinajstić information content (AvgIpc) is 2.86. The van der Waals surface area contributed by atoms with Crippen LogP contribution in [-0.2, 0) is 6.42 Å². The molecular weight excluding hydrogens is 218 g/mol. The highest BCUT2D eigenvalue weighted by Crippen LogP contribution is 2.26. The molecule has 0 saturated carbocycles. The van der Waals surface area contributed by atoms with Crippen LogP contribution in [0.4, 0.5) is 0 Å². The van der Waals surface area contributed by atoms with Crippen LogP contribution in [0.1, 0.15) is 24.2 Å². The van der Waals surface area contributed by atoms with Crippen molar-refractivity contribution in [1.29, 1.82) is 0 Å². The fraction of sp³-hybridized carbons (Fsp3) is 0.818. The molecule has 4 rings (SSSR count). The number of aromatic nitrogens is 2. The minimum absolute atomic E-state index is 0.327. The van der Waals surface area contributed by atoms with Gasteiger partial charge in [-0.05, 0) is 13.0 Å². The van der Waals surface area contributed by atoms with E-state index >= 15 is 0 Å². The van der Waals surface area contributed by atoms with E-state index in [9.17, 15) is 0 Å². The zero-order valence-electron chi connectivity index (χ0n) is 10.0. The first-order valence-corrected chi connectivity index (χ1v) is 6.36. The maximum Gasteiger partial charge on any atom is 0.226 e. The highest BCUT2D eigenvalue weighted by molar-refractivity contribution is 5.01. The molecule has 0 spiro atoms. The zero-order chi connectivity index (χ0) is 11.7. The molecule has 1 atom stereocenters. The number of nitrogens with zero attached hydrogens (tertiary/aromatic N) is 4. The van der Waals surface area contributed by atoms with Crippen molar-refractivity contribution in [1.82, 2.24) is 19.9 Å². The van der Waals surface area contributed by atoms with Gasteiger partial charge in [0.2, 0.25) is 5.89 Å². The third kappa shape index (κ3) is 2.20. The topological polar surface area (TPSA) is 71.4 Å². The molecule has 3 fully saturated rings. The van der Waals surface area contributed by atoms with Crippen LogP contribution >= 0.6 is 0 Å². The van der Waals surface area contributed by atoms with E-state index in [2.05, 4.69) is 19.9 Å². The molecule has 6 heteroatoms. The van der Waals surface area contributed by atoms with Gasteiger partial charge in [-0.2, -0.15) is 4.98 Å². The number of hydrogen-bond acceptors (Lipinski definition) is 6. The number of fused-ring (bicyclic) bond motifs is 3. The molecule has 6 nitrogen and oxygen atoms in total. The summed E-state index contributed by atoms with van der Waals surface area (Å²) in [6.45, 7) is 6.30. The van der Waals surface area contributed by atoms with Crippen LogP contribution in [0.3, 0.4) is 0 Å². The van der Waals surface area contributed by atoms with Crippen molar-refractivity contribution in [3.63, 3.8) is 0 Å². The van der Waals surface area contributed by atoms with E-state index in [0.717, 1.165) is 44.2 Å². The van der Waals surface area contributed by atoms with E-state index in [0.29, 0.717) is 12.6 Å². The Bertz CT molecular complexity index is 372. The maximum absolute atomic E-state index is 5.47.